The van der Waals surface area contributed by atoms with Crippen LogP contribution in [0.25, 0.3) is 0 Å². The highest BCUT2D eigenvalue weighted by Gasteiger charge is 1.63. The van der Waals surface area contributed by atoms with Crippen molar-refractivity contribution < 1.29 is 0 Å². The molecule has 0 unspecified atom stereocenters. The van der Waals surface area contributed by atoms with Crippen molar-refractivity contribution >= 4 is 0 Å². The smallest absolute Gasteiger partial charge is 0.00486 e. The largest absolute Gasteiger partial charge is 0.402 e. The Kier molecular flexibility index (Phi) is 2.21. The van der Waals surface area contributed by atoms with Crippen molar-refractivity contribution in [1.29, 1.82) is 0 Å². The van der Waals surface area contributed by atoms with Crippen molar-refractivity contribution in [1.82, 2.24) is 0 Å². The molecule has 2 N–H and O–H groups in total. The Morgan fingerprint density at radius 3 is 2.33 bits per heavy atom. The third-order valence-corrected chi connectivity index (χ3v) is 0.381. The summed E-state index contributed by atoms with van der Waals surface area (Å²) in [6.07, 6.45) is 3.41. The molecule has 6 heavy (non-hydrogen) atoms. The molecule has 1 nitrogen and oxygen atoms in total. The number of allylic oxidation sites excluding steroid dienone is 3. The van der Waals surface area contributed by atoms with Crippen LogP contribution in [0.5, 0.6) is 0 Å². The van der Waals surface area contributed by atoms with Crippen molar-refractivity contribution in [3.63, 3.8) is 0 Å². The average Bonchev–Trinajstić information content (AvgIpc) is 1.35. The summed E-state index contributed by atoms with van der Waals surface area (Å²) >= 11 is 0. The SMILES string of the molecule is C=C/C=C(\C)N. The quantitative estimate of drug-likeness (QED) is 0.471. The van der Waals surface area contributed by atoms with E-state index >= 15 is 0 Å². The molecule has 34 valence electrons. The summed E-state index contributed by atoms with van der Waals surface area (Å²) in [5.74, 6) is 0. The Hall–Kier alpha value is -0.720. The first kappa shape index (κ1) is 5.28. The summed E-state index contributed by atoms with van der Waals surface area (Å²) in [5, 5.41) is 0. The van der Waals surface area contributed by atoms with Gasteiger partial charge in [-0.1, -0.05) is 12.7 Å². The number of hydrogen-bond acceptors (Lipinski definition) is 1. The standard InChI is InChI=1S/C5H9N/c1-3-4-5(2)6/h3-4H,1,6H2,2H3/b5-4+. The van der Waals surface area contributed by atoms with Crippen LogP contribution in [0.2, 0.25) is 0 Å². The van der Waals surface area contributed by atoms with Crippen molar-refractivity contribution in [2.24, 2.45) is 5.73 Å². The molecule has 1 heteroatoms. The lowest BCUT2D eigenvalue weighted by Crippen LogP contribution is -1.87. The molecule has 0 aliphatic rings. The van der Waals surface area contributed by atoms with E-state index in [2.05, 4.69) is 6.58 Å². The fourth-order valence-electron chi connectivity index (χ4n) is 0.186. The highest BCUT2D eigenvalue weighted by Crippen LogP contribution is 1.75. The number of nitrogens with two attached hydrogens (primary N) is 1. The van der Waals surface area contributed by atoms with E-state index in [9.17, 15) is 0 Å². The molecule has 0 atom stereocenters. The lowest BCUT2D eigenvalue weighted by Gasteiger charge is -1.78. The topological polar surface area (TPSA) is 26.0 Å². The molecule has 0 radical (unpaired) electrons. The summed E-state index contributed by atoms with van der Waals surface area (Å²) in [6.45, 7) is 5.27. The number of rotatable bonds is 1. The zero-order valence-electron chi connectivity index (χ0n) is 3.94. The van der Waals surface area contributed by atoms with Crippen LogP contribution in [-0.4, -0.2) is 0 Å². The highest BCUT2D eigenvalue weighted by atomic mass is 14.5. The van der Waals surface area contributed by atoms with E-state index in [1.807, 2.05) is 6.92 Å². The molecule has 0 amide bonds. The molecule has 0 aliphatic carbocycles. The molecular weight excluding hydrogens is 74.1 g/mol. The summed E-state index contributed by atoms with van der Waals surface area (Å²) in [6, 6.07) is 0. The van der Waals surface area contributed by atoms with Crippen LogP contribution >= 0.6 is 0 Å². The van der Waals surface area contributed by atoms with Crippen molar-refractivity contribution in [3.8, 4) is 0 Å². The van der Waals surface area contributed by atoms with Crippen molar-refractivity contribution in [2.45, 2.75) is 6.92 Å². The van der Waals surface area contributed by atoms with E-state index in [4.69, 9.17) is 5.73 Å². The molecule has 0 spiro atoms. The molecule has 0 heterocycles. The Labute approximate surface area is 38.2 Å². The van der Waals surface area contributed by atoms with Crippen LogP contribution in [-0.2, 0) is 0 Å². The molecule has 0 bridgehead atoms. The van der Waals surface area contributed by atoms with E-state index in [0.29, 0.717) is 0 Å². The second-order valence-corrected chi connectivity index (χ2v) is 1.15. The van der Waals surface area contributed by atoms with Crippen LogP contribution in [0, 0.1) is 0 Å². The van der Waals surface area contributed by atoms with Gasteiger partial charge in [0.1, 0.15) is 0 Å². The first-order valence-electron chi connectivity index (χ1n) is 1.82. The van der Waals surface area contributed by atoms with Gasteiger partial charge in [0.05, 0.1) is 0 Å². The minimum absolute atomic E-state index is 0.796. The van der Waals surface area contributed by atoms with Gasteiger partial charge < -0.3 is 5.73 Å². The van der Waals surface area contributed by atoms with Crippen LogP contribution in [0.15, 0.2) is 24.4 Å². The maximum absolute atomic E-state index is 5.19. The van der Waals surface area contributed by atoms with Gasteiger partial charge in [0.2, 0.25) is 0 Å². The molecule has 0 saturated carbocycles. The second-order valence-electron chi connectivity index (χ2n) is 1.15. The molecular formula is C5H9N. The number of hydrogen-bond donors (Lipinski definition) is 1. The maximum Gasteiger partial charge on any atom is 0.00486 e. The molecule has 0 rings (SSSR count). The minimum atomic E-state index is 0.796. The summed E-state index contributed by atoms with van der Waals surface area (Å²) in [5.41, 5.74) is 5.99. The maximum atomic E-state index is 5.19. The van der Waals surface area contributed by atoms with Crippen LogP contribution in [0.3, 0.4) is 0 Å². The predicted octanol–water partition coefficient (Wildman–Crippen LogP) is 1.03. The fourth-order valence-corrected chi connectivity index (χ4v) is 0.186. The fraction of sp³-hybridized carbons (Fsp3) is 0.200. The Morgan fingerprint density at radius 1 is 1.83 bits per heavy atom. The van der Waals surface area contributed by atoms with Crippen molar-refractivity contribution in [2.75, 3.05) is 0 Å². The lowest BCUT2D eigenvalue weighted by atomic mass is 10.4. The summed E-state index contributed by atoms with van der Waals surface area (Å²) in [4.78, 5) is 0. The van der Waals surface area contributed by atoms with E-state index in [1.54, 1.807) is 12.2 Å². The van der Waals surface area contributed by atoms with Gasteiger partial charge in [0.15, 0.2) is 0 Å². The monoisotopic (exact) mass is 83.1 g/mol. The highest BCUT2D eigenvalue weighted by molar-refractivity contribution is 5.03. The zero-order valence-corrected chi connectivity index (χ0v) is 3.94. The molecule has 0 saturated heterocycles. The van der Waals surface area contributed by atoms with E-state index in [0.717, 1.165) is 5.70 Å². The van der Waals surface area contributed by atoms with Gasteiger partial charge in [-0.2, -0.15) is 0 Å². The van der Waals surface area contributed by atoms with E-state index in [-0.39, 0.29) is 0 Å². The van der Waals surface area contributed by atoms with Gasteiger partial charge in [0, 0.05) is 5.70 Å². The van der Waals surface area contributed by atoms with Gasteiger partial charge >= 0.3 is 0 Å². The summed E-state index contributed by atoms with van der Waals surface area (Å²) < 4.78 is 0. The van der Waals surface area contributed by atoms with Gasteiger partial charge in [-0.15, -0.1) is 0 Å². The Bertz CT molecular complexity index is 68.0. The molecule has 0 aromatic rings. The summed E-state index contributed by atoms with van der Waals surface area (Å²) in [7, 11) is 0. The molecule has 0 aliphatic heterocycles. The Morgan fingerprint density at radius 2 is 2.33 bits per heavy atom. The third-order valence-electron chi connectivity index (χ3n) is 0.381. The van der Waals surface area contributed by atoms with Crippen LogP contribution in [0.1, 0.15) is 6.92 Å². The third kappa shape index (κ3) is 3.28. The zero-order chi connectivity index (χ0) is 4.99. The lowest BCUT2D eigenvalue weighted by molar-refractivity contribution is 1.32. The molecule has 0 aromatic carbocycles. The molecule has 0 fully saturated rings. The van der Waals surface area contributed by atoms with Crippen molar-refractivity contribution in [3.05, 3.63) is 24.4 Å². The Balaban J connectivity index is 3.41. The normalized spacial score (nSPS) is 11.2. The van der Waals surface area contributed by atoms with E-state index < -0.39 is 0 Å². The second kappa shape index (κ2) is 2.51. The average molecular weight is 83.1 g/mol. The van der Waals surface area contributed by atoms with Gasteiger partial charge in [-0.25, -0.2) is 0 Å². The first-order chi connectivity index (χ1) is 2.77. The van der Waals surface area contributed by atoms with Gasteiger partial charge in [0.25, 0.3) is 0 Å². The minimum Gasteiger partial charge on any atom is -0.402 e. The molecule has 0 aromatic heterocycles. The van der Waals surface area contributed by atoms with Crippen LogP contribution in [0.4, 0.5) is 0 Å². The predicted molar refractivity (Wildman–Crippen MR) is 28.1 cm³/mol. The van der Waals surface area contributed by atoms with Crippen LogP contribution < -0.4 is 5.73 Å². The van der Waals surface area contributed by atoms with Gasteiger partial charge in [-0.3, -0.25) is 0 Å². The van der Waals surface area contributed by atoms with E-state index in [1.165, 1.54) is 0 Å². The van der Waals surface area contributed by atoms with Gasteiger partial charge in [-0.05, 0) is 13.0 Å². The first-order valence-corrected chi connectivity index (χ1v) is 1.82.